The molecular formula is C18H22N6O7S. The van der Waals surface area contributed by atoms with Crippen LogP contribution < -0.4 is 10.0 Å². The molecule has 6 N–H and O–H groups in total. The second-order valence-corrected chi connectivity index (χ2v) is 8.45. The Hall–Kier alpha value is -2.72. The lowest BCUT2D eigenvalue weighted by Crippen LogP contribution is -2.39. The van der Waals surface area contributed by atoms with Crippen molar-refractivity contribution in [3.05, 3.63) is 48.5 Å². The van der Waals surface area contributed by atoms with E-state index in [4.69, 9.17) is 9.29 Å². The van der Waals surface area contributed by atoms with Crippen LogP contribution in [0.2, 0.25) is 0 Å². The van der Waals surface area contributed by atoms with Crippen LogP contribution in [0.5, 0.6) is 0 Å². The van der Waals surface area contributed by atoms with Crippen LogP contribution in [0.4, 0.5) is 5.82 Å². The molecular weight excluding hydrogens is 444 g/mol. The number of aliphatic hydroxyl groups is 3. The minimum atomic E-state index is -4.49. The summed E-state index contributed by atoms with van der Waals surface area (Å²) >= 11 is 0. The summed E-state index contributed by atoms with van der Waals surface area (Å²) in [6, 6.07) is 8.82. The number of anilines is 1. The molecule has 172 valence electrons. The van der Waals surface area contributed by atoms with Crippen LogP contribution in [-0.4, -0.2) is 79.3 Å². The largest absolute Gasteiger partial charge is 0.394 e. The topological polar surface area (TPSA) is 192 Å². The second kappa shape index (κ2) is 9.03. The average molecular weight is 466 g/mol. The van der Waals surface area contributed by atoms with Crippen molar-refractivity contribution in [1.82, 2.24) is 24.2 Å². The first kappa shape index (κ1) is 22.5. The number of nitrogens with one attached hydrogen (secondary N) is 2. The van der Waals surface area contributed by atoms with Crippen molar-refractivity contribution < 1.29 is 33.0 Å². The smallest absolute Gasteiger partial charge is 0.333 e. The van der Waals surface area contributed by atoms with Crippen molar-refractivity contribution in [3.63, 3.8) is 0 Å². The van der Waals surface area contributed by atoms with Crippen molar-refractivity contribution >= 4 is 27.3 Å². The normalized spacial score (nSPS) is 24.6. The fraction of sp³-hybridized carbons (Fsp3) is 0.389. The predicted octanol–water partition coefficient (Wildman–Crippen LogP) is -1.02. The molecule has 2 aromatic heterocycles. The fourth-order valence-electron chi connectivity index (χ4n) is 3.54. The molecule has 0 aliphatic carbocycles. The molecule has 3 aromatic rings. The van der Waals surface area contributed by atoms with Crippen LogP contribution in [-0.2, 0) is 15.0 Å². The van der Waals surface area contributed by atoms with Crippen molar-refractivity contribution in [2.45, 2.75) is 30.6 Å². The first-order valence-electron chi connectivity index (χ1n) is 9.62. The van der Waals surface area contributed by atoms with Gasteiger partial charge in [-0.1, -0.05) is 30.3 Å². The van der Waals surface area contributed by atoms with E-state index in [0.717, 1.165) is 5.56 Å². The van der Waals surface area contributed by atoms with Crippen molar-refractivity contribution in [1.29, 1.82) is 0 Å². The molecule has 0 bridgehead atoms. The van der Waals surface area contributed by atoms with E-state index < -0.39 is 47.4 Å². The molecule has 0 saturated carbocycles. The Morgan fingerprint density at radius 3 is 2.56 bits per heavy atom. The van der Waals surface area contributed by atoms with Gasteiger partial charge in [0.05, 0.1) is 19.0 Å². The van der Waals surface area contributed by atoms with Crippen molar-refractivity contribution in [3.8, 4) is 0 Å². The maximum Gasteiger partial charge on any atom is 0.333 e. The Morgan fingerprint density at radius 2 is 1.88 bits per heavy atom. The van der Waals surface area contributed by atoms with E-state index in [1.165, 1.54) is 17.2 Å². The van der Waals surface area contributed by atoms with Gasteiger partial charge in [-0.15, -0.1) is 0 Å². The van der Waals surface area contributed by atoms with Crippen LogP contribution in [0, 0.1) is 0 Å². The third-order valence-electron chi connectivity index (χ3n) is 5.13. The zero-order valence-corrected chi connectivity index (χ0v) is 17.4. The van der Waals surface area contributed by atoms with Crippen molar-refractivity contribution in [2.75, 3.05) is 18.5 Å². The molecule has 1 aliphatic heterocycles. The van der Waals surface area contributed by atoms with E-state index in [1.54, 1.807) is 0 Å². The van der Waals surface area contributed by atoms with Crippen LogP contribution in [0.25, 0.3) is 11.2 Å². The molecule has 0 amide bonds. The summed E-state index contributed by atoms with van der Waals surface area (Å²) in [5.41, 5.74) is 1.46. The molecule has 3 heterocycles. The summed E-state index contributed by atoms with van der Waals surface area (Å²) < 4.78 is 39.5. The standard InChI is InChI=1S/C18H22N6O7S/c25-7-11(10-4-2-1-3-5-10)23-16-13-17(20-8-19-16)24(9-21-13)18-15(27)14(26)12(31-18)6-22-32(28,29)30/h1-5,8-9,11-12,14-15,18,22,25-27H,6-7H2,(H,19,20,23)(H,28,29,30)/t11-,12-,14-,15-,18-/m1/s1. The number of nitrogens with zero attached hydrogens (tertiary/aromatic N) is 4. The molecule has 1 fully saturated rings. The summed E-state index contributed by atoms with van der Waals surface area (Å²) in [7, 11) is -4.49. The van der Waals surface area contributed by atoms with Crippen LogP contribution in [0.15, 0.2) is 43.0 Å². The second-order valence-electron chi connectivity index (χ2n) is 7.21. The lowest BCUT2D eigenvalue weighted by Gasteiger charge is -2.18. The molecule has 1 aliphatic rings. The SMILES string of the molecule is O=S(=O)(O)NC[C@H]1O[C@@H](n2cnc3c(N[C@H](CO)c4ccccc4)ncnc32)[C@H](O)[C@@H]1O. The van der Waals surface area contributed by atoms with Gasteiger partial charge in [-0.3, -0.25) is 9.12 Å². The Kier molecular flexibility index (Phi) is 6.34. The first-order valence-corrected chi connectivity index (χ1v) is 11.1. The Balaban J connectivity index is 1.59. The summed E-state index contributed by atoms with van der Waals surface area (Å²) in [6.45, 7) is -0.646. The number of fused-ring (bicyclic) bond motifs is 1. The lowest BCUT2D eigenvalue weighted by molar-refractivity contribution is -0.0331. The highest BCUT2D eigenvalue weighted by molar-refractivity contribution is 7.83. The van der Waals surface area contributed by atoms with Crippen LogP contribution in [0.3, 0.4) is 0 Å². The third kappa shape index (κ3) is 4.56. The Bertz CT molecular complexity index is 1180. The van der Waals surface area contributed by atoms with Crippen LogP contribution in [0.1, 0.15) is 17.8 Å². The average Bonchev–Trinajstić information content (AvgIpc) is 3.32. The molecule has 4 rings (SSSR count). The monoisotopic (exact) mass is 466 g/mol. The Labute approximate surface area is 182 Å². The van der Waals surface area contributed by atoms with Gasteiger partial charge in [-0.2, -0.15) is 13.1 Å². The predicted molar refractivity (Wildman–Crippen MR) is 111 cm³/mol. The summed E-state index contributed by atoms with van der Waals surface area (Å²) in [4.78, 5) is 12.7. The third-order valence-corrected chi connectivity index (χ3v) is 5.66. The minimum absolute atomic E-state index is 0.199. The van der Waals surface area contributed by atoms with Gasteiger partial charge in [0, 0.05) is 6.54 Å². The van der Waals surface area contributed by atoms with Gasteiger partial charge in [0.2, 0.25) is 0 Å². The number of benzene rings is 1. The van der Waals surface area contributed by atoms with Gasteiger partial charge < -0.3 is 25.4 Å². The van der Waals surface area contributed by atoms with Gasteiger partial charge >= 0.3 is 10.3 Å². The highest BCUT2D eigenvalue weighted by atomic mass is 32.2. The van der Waals surface area contributed by atoms with Gasteiger partial charge in [0.25, 0.3) is 0 Å². The maximum atomic E-state index is 10.9. The number of hydrogen-bond acceptors (Lipinski definition) is 10. The number of imidazole rings is 1. The molecule has 14 heteroatoms. The highest BCUT2D eigenvalue weighted by Gasteiger charge is 2.44. The molecule has 32 heavy (non-hydrogen) atoms. The number of rotatable bonds is 8. The molecule has 1 saturated heterocycles. The van der Waals surface area contributed by atoms with Gasteiger partial charge in [-0.25, -0.2) is 15.0 Å². The van der Waals surface area contributed by atoms with Gasteiger partial charge in [0.15, 0.2) is 23.2 Å². The van der Waals surface area contributed by atoms with E-state index in [1.807, 2.05) is 35.1 Å². The summed E-state index contributed by atoms with van der Waals surface area (Å²) in [6.07, 6.45) is -2.46. The molecule has 5 atom stereocenters. The first-order chi connectivity index (χ1) is 15.3. The van der Waals surface area contributed by atoms with E-state index in [9.17, 15) is 23.7 Å². The maximum absolute atomic E-state index is 10.9. The van der Waals surface area contributed by atoms with E-state index in [0.29, 0.717) is 11.3 Å². The molecule has 0 unspecified atom stereocenters. The number of ether oxygens (including phenoxy) is 1. The Morgan fingerprint density at radius 1 is 1.12 bits per heavy atom. The zero-order valence-electron chi connectivity index (χ0n) is 16.6. The lowest BCUT2D eigenvalue weighted by atomic mass is 10.1. The summed E-state index contributed by atoms with van der Waals surface area (Å²) in [5, 5.41) is 33.6. The van der Waals surface area contributed by atoms with Crippen molar-refractivity contribution in [2.24, 2.45) is 0 Å². The van der Waals surface area contributed by atoms with E-state index >= 15 is 0 Å². The molecule has 1 aromatic carbocycles. The minimum Gasteiger partial charge on any atom is -0.394 e. The number of aliphatic hydroxyl groups excluding tert-OH is 3. The number of hydrogen-bond donors (Lipinski definition) is 6. The van der Waals surface area contributed by atoms with Crippen LogP contribution >= 0.6 is 0 Å². The fourth-order valence-corrected chi connectivity index (χ4v) is 3.92. The summed E-state index contributed by atoms with van der Waals surface area (Å²) in [5.74, 6) is 0.342. The molecule has 0 spiro atoms. The number of aromatic nitrogens is 4. The highest BCUT2D eigenvalue weighted by Crippen LogP contribution is 2.32. The van der Waals surface area contributed by atoms with E-state index in [-0.39, 0.29) is 12.3 Å². The van der Waals surface area contributed by atoms with Gasteiger partial charge in [-0.05, 0) is 5.56 Å². The molecule has 13 nitrogen and oxygen atoms in total. The quantitative estimate of drug-likeness (QED) is 0.223. The van der Waals surface area contributed by atoms with E-state index in [2.05, 4.69) is 20.3 Å². The van der Waals surface area contributed by atoms with Gasteiger partial charge in [0.1, 0.15) is 24.6 Å². The molecule has 0 radical (unpaired) electrons. The zero-order chi connectivity index (χ0) is 22.9.